The first-order valence-electron chi connectivity index (χ1n) is 5.28. The second-order valence-corrected chi connectivity index (χ2v) is 6.91. The zero-order valence-corrected chi connectivity index (χ0v) is 12.3. The van der Waals surface area contributed by atoms with Crippen LogP contribution >= 0.6 is 34.8 Å². The van der Waals surface area contributed by atoms with Gasteiger partial charge in [-0.05, 0) is 25.1 Å². The third-order valence-electron chi connectivity index (χ3n) is 2.61. The van der Waals surface area contributed by atoms with Gasteiger partial charge in [0.15, 0.2) is 0 Å². The van der Waals surface area contributed by atoms with E-state index in [1.807, 2.05) is 0 Å². The number of nitrogens with one attached hydrogen (secondary N) is 2. The van der Waals surface area contributed by atoms with E-state index in [-0.39, 0.29) is 21.0 Å². The lowest BCUT2D eigenvalue weighted by Gasteiger charge is -2.14. The van der Waals surface area contributed by atoms with Gasteiger partial charge in [0.25, 0.3) is 0 Å². The summed E-state index contributed by atoms with van der Waals surface area (Å²) in [5, 5.41) is 3.41. The summed E-state index contributed by atoms with van der Waals surface area (Å²) in [5.74, 6) is 0. The molecule has 1 aromatic rings. The van der Waals surface area contributed by atoms with Crippen molar-refractivity contribution in [1.29, 1.82) is 0 Å². The fourth-order valence-electron chi connectivity index (χ4n) is 1.82. The van der Waals surface area contributed by atoms with Crippen LogP contribution in [0.4, 0.5) is 0 Å². The minimum atomic E-state index is -3.73. The summed E-state index contributed by atoms with van der Waals surface area (Å²) in [6.45, 7) is 1.39. The monoisotopic (exact) mass is 328 g/mol. The number of benzene rings is 1. The molecule has 1 unspecified atom stereocenters. The zero-order valence-electron chi connectivity index (χ0n) is 9.21. The van der Waals surface area contributed by atoms with E-state index in [1.165, 1.54) is 12.1 Å². The van der Waals surface area contributed by atoms with E-state index in [9.17, 15) is 8.42 Å². The smallest absolute Gasteiger partial charge is 0.243 e. The summed E-state index contributed by atoms with van der Waals surface area (Å²) in [6.07, 6.45) is 0.738. The fraction of sp³-hybridized carbons (Fsp3) is 0.400. The van der Waals surface area contributed by atoms with Crippen molar-refractivity contribution in [3.8, 4) is 0 Å². The number of rotatable bonds is 3. The Morgan fingerprint density at radius 2 is 1.83 bits per heavy atom. The Labute approximate surface area is 121 Å². The van der Waals surface area contributed by atoms with Crippen LogP contribution in [0.2, 0.25) is 15.1 Å². The van der Waals surface area contributed by atoms with Gasteiger partial charge < -0.3 is 5.32 Å². The van der Waals surface area contributed by atoms with Gasteiger partial charge in [0.05, 0.1) is 10.0 Å². The van der Waals surface area contributed by atoms with Crippen molar-refractivity contribution < 1.29 is 8.42 Å². The highest BCUT2D eigenvalue weighted by atomic mass is 35.5. The van der Waals surface area contributed by atoms with Crippen LogP contribution in [0.25, 0.3) is 0 Å². The number of sulfonamides is 1. The van der Waals surface area contributed by atoms with Crippen molar-refractivity contribution >= 4 is 44.8 Å². The molecular formula is C10H11Cl3N2O2S. The SMILES string of the molecule is O=S(=O)(NC1CCNC1)c1c(Cl)cc(Cl)cc1Cl. The summed E-state index contributed by atoms with van der Waals surface area (Å²) < 4.78 is 27.0. The Morgan fingerprint density at radius 1 is 1.22 bits per heavy atom. The summed E-state index contributed by atoms with van der Waals surface area (Å²) in [7, 11) is -3.73. The number of hydrogen-bond acceptors (Lipinski definition) is 3. The highest BCUT2D eigenvalue weighted by Crippen LogP contribution is 2.32. The van der Waals surface area contributed by atoms with Crippen molar-refractivity contribution in [2.75, 3.05) is 13.1 Å². The lowest BCUT2D eigenvalue weighted by molar-refractivity contribution is 0.560. The lowest BCUT2D eigenvalue weighted by atomic mass is 10.3. The molecule has 0 radical (unpaired) electrons. The lowest BCUT2D eigenvalue weighted by Crippen LogP contribution is -2.36. The van der Waals surface area contributed by atoms with Crippen molar-refractivity contribution in [2.24, 2.45) is 0 Å². The van der Waals surface area contributed by atoms with Crippen LogP contribution < -0.4 is 10.0 Å². The van der Waals surface area contributed by atoms with Crippen LogP contribution in [-0.4, -0.2) is 27.5 Å². The molecule has 0 aromatic heterocycles. The molecule has 1 saturated heterocycles. The molecule has 8 heteroatoms. The number of halogens is 3. The van der Waals surface area contributed by atoms with Crippen molar-refractivity contribution in [3.63, 3.8) is 0 Å². The molecule has 18 heavy (non-hydrogen) atoms. The van der Waals surface area contributed by atoms with Gasteiger partial charge >= 0.3 is 0 Å². The van der Waals surface area contributed by atoms with Crippen LogP contribution in [0.5, 0.6) is 0 Å². The molecule has 1 heterocycles. The molecule has 1 aromatic carbocycles. The molecule has 4 nitrogen and oxygen atoms in total. The summed E-state index contributed by atoms with van der Waals surface area (Å²) in [4.78, 5) is -0.123. The molecule has 0 spiro atoms. The molecule has 1 aliphatic rings. The number of hydrogen-bond donors (Lipinski definition) is 2. The second kappa shape index (κ2) is 5.53. The van der Waals surface area contributed by atoms with Gasteiger partial charge in [0.2, 0.25) is 10.0 Å². The zero-order chi connectivity index (χ0) is 13.3. The Kier molecular flexibility index (Phi) is 4.41. The van der Waals surface area contributed by atoms with Crippen LogP contribution in [-0.2, 0) is 10.0 Å². The first kappa shape index (κ1) is 14.4. The third-order valence-corrected chi connectivity index (χ3v) is 5.27. The van der Waals surface area contributed by atoms with Crippen LogP contribution in [0.1, 0.15) is 6.42 Å². The van der Waals surface area contributed by atoms with Crippen molar-refractivity contribution in [1.82, 2.24) is 10.0 Å². The topological polar surface area (TPSA) is 58.2 Å². The average Bonchev–Trinajstić information content (AvgIpc) is 2.66. The first-order valence-corrected chi connectivity index (χ1v) is 7.89. The molecule has 1 aliphatic heterocycles. The fourth-order valence-corrected chi connectivity index (χ4v) is 4.63. The summed E-state index contributed by atoms with van der Waals surface area (Å²) in [6, 6.07) is 2.57. The van der Waals surface area contributed by atoms with E-state index in [1.54, 1.807) is 0 Å². The van der Waals surface area contributed by atoms with Gasteiger partial charge in [-0.3, -0.25) is 0 Å². The summed E-state index contributed by atoms with van der Waals surface area (Å²) >= 11 is 17.6. The highest BCUT2D eigenvalue weighted by Gasteiger charge is 2.27. The minimum Gasteiger partial charge on any atom is -0.315 e. The maximum absolute atomic E-state index is 12.2. The molecule has 0 saturated carbocycles. The van der Waals surface area contributed by atoms with Gasteiger partial charge in [-0.1, -0.05) is 34.8 Å². The largest absolute Gasteiger partial charge is 0.315 e. The van der Waals surface area contributed by atoms with Gasteiger partial charge in [0.1, 0.15) is 4.90 Å². The third kappa shape index (κ3) is 3.10. The average molecular weight is 330 g/mol. The van der Waals surface area contributed by atoms with Crippen LogP contribution in [0, 0.1) is 0 Å². The normalized spacial score (nSPS) is 20.3. The molecule has 1 atom stereocenters. The van der Waals surface area contributed by atoms with Gasteiger partial charge in [-0.25, -0.2) is 13.1 Å². The molecule has 0 bridgehead atoms. The van der Waals surface area contributed by atoms with Gasteiger partial charge in [0, 0.05) is 17.6 Å². The Morgan fingerprint density at radius 3 is 2.33 bits per heavy atom. The molecule has 1 fully saturated rings. The predicted molar refractivity (Wildman–Crippen MR) is 73.1 cm³/mol. The van der Waals surface area contributed by atoms with Gasteiger partial charge in [-0.15, -0.1) is 0 Å². The van der Waals surface area contributed by atoms with E-state index in [4.69, 9.17) is 34.8 Å². The summed E-state index contributed by atoms with van der Waals surface area (Å²) in [5.41, 5.74) is 0. The Balaban J connectivity index is 2.34. The van der Waals surface area contributed by atoms with E-state index >= 15 is 0 Å². The first-order chi connectivity index (χ1) is 8.40. The molecule has 0 amide bonds. The molecule has 2 N–H and O–H groups in total. The standard InChI is InChI=1S/C10H11Cl3N2O2S/c11-6-3-8(12)10(9(13)4-6)18(16,17)15-7-1-2-14-5-7/h3-4,7,14-15H,1-2,5H2. The Bertz CT molecular complexity index is 533. The Hall–Kier alpha value is -0.0400. The molecule has 100 valence electrons. The molecule has 2 rings (SSSR count). The van der Waals surface area contributed by atoms with E-state index in [0.29, 0.717) is 11.6 Å². The van der Waals surface area contributed by atoms with Gasteiger partial charge in [-0.2, -0.15) is 0 Å². The van der Waals surface area contributed by atoms with Crippen molar-refractivity contribution in [3.05, 3.63) is 27.2 Å². The van der Waals surface area contributed by atoms with E-state index in [0.717, 1.165) is 13.0 Å². The predicted octanol–water partition coefficient (Wildman–Crippen LogP) is 2.29. The van der Waals surface area contributed by atoms with Crippen LogP contribution in [0.15, 0.2) is 17.0 Å². The van der Waals surface area contributed by atoms with Crippen LogP contribution in [0.3, 0.4) is 0 Å². The highest BCUT2D eigenvalue weighted by molar-refractivity contribution is 7.89. The maximum atomic E-state index is 12.2. The quantitative estimate of drug-likeness (QED) is 0.894. The van der Waals surface area contributed by atoms with E-state index < -0.39 is 10.0 Å². The molecular weight excluding hydrogens is 319 g/mol. The maximum Gasteiger partial charge on any atom is 0.243 e. The molecule has 0 aliphatic carbocycles. The van der Waals surface area contributed by atoms with E-state index in [2.05, 4.69) is 10.0 Å². The minimum absolute atomic E-state index is 0.0194. The van der Waals surface area contributed by atoms with Crippen molar-refractivity contribution in [2.45, 2.75) is 17.4 Å². The second-order valence-electron chi connectivity index (χ2n) is 4.01.